The summed E-state index contributed by atoms with van der Waals surface area (Å²) in [5, 5.41) is 3.33. The maximum absolute atomic E-state index is 13.8. The van der Waals surface area contributed by atoms with E-state index in [9.17, 15) is 9.59 Å². The topological polar surface area (TPSA) is 87.9 Å². The Morgan fingerprint density at radius 2 is 1.67 bits per heavy atom. The summed E-state index contributed by atoms with van der Waals surface area (Å²) in [7, 11) is 3.53. The fraction of sp³-hybridized carbons (Fsp3) is 0.444. The molecule has 0 radical (unpaired) electrons. The third-order valence-corrected chi connectivity index (χ3v) is 9.22. The van der Waals surface area contributed by atoms with E-state index in [1.807, 2.05) is 29.2 Å². The van der Waals surface area contributed by atoms with E-state index in [1.165, 1.54) is 7.11 Å². The summed E-state index contributed by atoms with van der Waals surface area (Å²) in [5.41, 5.74) is 11.7. The van der Waals surface area contributed by atoms with Gasteiger partial charge in [-0.1, -0.05) is 67.9 Å². The minimum atomic E-state index is -0.461. The second-order valence-corrected chi connectivity index (χ2v) is 12.3. The molecule has 3 aromatic rings. The van der Waals surface area contributed by atoms with Gasteiger partial charge in [0, 0.05) is 32.2 Å². The Morgan fingerprint density at radius 1 is 0.953 bits per heavy atom. The first-order valence-electron chi connectivity index (χ1n) is 15.8. The number of nitrogens with one attached hydrogen (secondary N) is 1. The second-order valence-electron chi connectivity index (χ2n) is 12.3. The van der Waals surface area contributed by atoms with Crippen LogP contribution in [0.15, 0.2) is 72.8 Å². The molecule has 43 heavy (non-hydrogen) atoms. The van der Waals surface area contributed by atoms with Gasteiger partial charge in [0.1, 0.15) is 0 Å². The summed E-state index contributed by atoms with van der Waals surface area (Å²) in [6, 6.07) is 25.1. The van der Waals surface area contributed by atoms with E-state index < -0.39 is 5.41 Å². The number of hydrogen-bond acceptors (Lipinski definition) is 5. The number of unbranched alkanes of at least 4 members (excludes halogenated alkanes) is 1. The number of carbonyl (C=O) groups is 2. The van der Waals surface area contributed by atoms with Crippen molar-refractivity contribution in [1.82, 2.24) is 4.90 Å². The molecule has 2 aliphatic rings. The molecule has 0 bridgehead atoms. The first-order chi connectivity index (χ1) is 20.8. The minimum absolute atomic E-state index is 0.0515. The molecule has 0 aromatic heterocycles. The maximum atomic E-state index is 13.8. The number of anilines is 2. The van der Waals surface area contributed by atoms with E-state index in [2.05, 4.69) is 72.7 Å². The number of rotatable bonds is 11. The number of nitrogens with two attached hydrogens (primary N) is 1. The lowest BCUT2D eigenvalue weighted by atomic mass is 9.90. The lowest BCUT2D eigenvalue weighted by Crippen LogP contribution is -2.43. The van der Waals surface area contributed by atoms with E-state index in [1.54, 1.807) is 0 Å². The first-order valence-corrected chi connectivity index (χ1v) is 15.8. The summed E-state index contributed by atoms with van der Waals surface area (Å²) in [5.74, 6) is 0.0515. The van der Waals surface area contributed by atoms with Crippen LogP contribution in [0.1, 0.15) is 69.4 Å². The van der Waals surface area contributed by atoms with Gasteiger partial charge in [0.2, 0.25) is 5.91 Å². The van der Waals surface area contributed by atoms with Gasteiger partial charge in [-0.3, -0.25) is 4.79 Å². The van der Waals surface area contributed by atoms with Crippen LogP contribution in [0.3, 0.4) is 0 Å². The Kier molecular flexibility index (Phi) is 9.71. The molecule has 2 fully saturated rings. The van der Waals surface area contributed by atoms with Crippen LogP contribution in [0.2, 0.25) is 0 Å². The molecule has 2 amide bonds. The predicted molar refractivity (Wildman–Crippen MR) is 174 cm³/mol. The van der Waals surface area contributed by atoms with Crippen molar-refractivity contribution in [2.75, 3.05) is 30.9 Å². The zero-order valence-electron chi connectivity index (χ0n) is 25.9. The van der Waals surface area contributed by atoms with Crippen molar-refractivity contribution >= 4 is 23.4 Å². The lowest BCUT2D eigenvalue weighted by molar-refractivity contribution is -0.118. The molecule has 0 atom stereocenters. The molecule has 228 valence electrons. The highest BCUT2D eigenvalue weighted by atomic mass is 16.5. The molecule has 0 heterocycles. The molecule has 0 saturated heterocycles. The molecule has 5 rings (SSSR count). The van der Waals surface area contributed by atoms with E-state index >= 15 is 0 Å². The Balaban J connectivity index is 1.42. The minimum Gasteiger partial charge on any atom is -0.453 e. The molecular formula is C36H46N4O3. The number of hydrogen-bond donors (Lipinski definition) is 2. The highest BCUT2D eigenvalue weighted by Gasteiger charge is 2.51. The van der Waals surface area contributed by atoms with Crippen LogP contribution in [0.5, 0.6) is 0 Å². The van der Waals surface area contributed by atoms with Crippen molar-refractivity contribution in [3.8, 4) is 11.1 Å². The number of carbonyl (C=O) groups excluding carboxylic acids is 2. The van der Waals surface area contributed by atoms with Crippen LogP contribution >= 0.6 is 0 Å². The predicted octanol–water partition coefficient (Wildman–Crippen LogP) is 7.10. The van der Waals surface area contributed by atoms with Gasteiger partial charge in [0.05, 0.1) is 23.9 Å². The second kappa shape index (κ2) is 13.6. The van der Waals surface area contributed by atoms with Crippen molar-refractivity contribution in [3.63, 3.8) is 0 Å². The molecule has 2 aliphatic carbocycles. The van der Waals surface area contributed by atoms with Crippen LogP contribution in [0.4, 0.5) is 16.2 Å². The largest absolute Gasteiger partial charge is 0.453 e. The van der Waals surface area contributed by atoms with Crippen molar-refractivity contribution < 1.29 is 14.3 Å². The summed E-state index contributed by atoms with van der Waals surface area (Å²) < 4.78 is 5.17. The average Bonchev–Trinajstić information content (AvgIpc) is 3.86. The number of ether oxygens (including phenoxy) is 1. The molecule has 2 saturated carbocycles. The van der Waals surface area contributed by atoms with Gasteiger partial charge in [-0.2, -0.15) is 0 Å². The van der Waals surface area contributed by atoms with Crippen molar-refractivity contribution in [1.29, 1.82) is 0 Å². The standard InChI is InChI=1S/C36H46N4O3/c1-4-5-22-39(2)33-19-14-28(24-32(33)38-34(41)36(20-21-36)29-12-7-6-8-13-29)27-11-9-10-26(23-27)25-40(35(42)43-3)31-17-15-30(37)16-18-31/h6-14,19,23-24,30-31H,4-5,15-18,20-22,25,37H2,1-3H3,(H,38,41). The summed E-state index contributed by atoms with van der Waals surface area (Å²) in [6.45, 7) is 3.57. The maximum Gasteiger partial charge on any atom is 0.410 e. The van der Waals surface area contributed by atoms with Gasteiger partial charge >= 0.3 is 6.09 Å². The normalized spacial score (nSPS) is 18.9. The molecule has 0 aliphatic heterocycles. The van der Waals surface area contributed by atoms with Gasteiger partial charge in [0.25, 0.3) is 0 Å². The van der Waals surface area contributed by atoms with Crippen LogP contribution in [0.25, 0.3) is 11.1 Å². The fourth-order valence-corrected chi connectivity index (χ4v) is 6.35. The highest BCUT2D eigenvalue weighted by Crippen LogP contribution is 2.49. The Labute approximate surface area is 256 Å². The lowest BCUT2D eigenvalue weighted by Gasteiger charge is -2.35. The molecule has 0 unspecified atom stereocenters. The van der Waals surface area contributed by atoms with Gasteiger partial charge < -0.3 is 25.6 Å². The summed E-state index contributed by atoms with van der Waals surface area (Å²) >= 11 is 0. The summed E-state index contributed by atoms with van der Waals surface area (Å²) in [4.78, 5) is 30.7. The number of benzene rings is 3. The van der Waals surface area contributed by atoms with Crippen LogP contribution in [0, 0.1) is 0 Å². The van der Waals surface area contributed by atoms with Crippen molar-refractivity contribution in [3.05, 3.63) is 83.9 Å². The molecule has 7 heteroatoms. The van der Waals surface area contributed by atoms with Crippen molar-refractivity contribution in [2.24, 2.45) is 5.73 Å². The highest BCUT2D eigenvalue weighted by molar-refractivity contribution is 6.04. The molecule has 3 aromatic carbocycles. The van der Waals surface area contributed by atoms with Gasteiger partial charge in [-0.25, -0.2) is 4.79 Å². The van der Waals surface area contributed by atoms with Gasteiger partial charge in [0.15, 0.2) is 0 Å². The van der Waals surface area contributed by atoms with Gasteiger partial charge in [-0.15, -0.1) is 0 Å². The van der Waals surface area contributed by atoms with E-state index in [-0.39, 0.29) is 24.1 Å². The molecule has 3 N–H and O–H groups in total. The van der Waals surface area contributed by atoms with Gasteiger partial charge in [-0.05, 0) is 85.4 Å². The Hall–Kier alpha value is -3.84. The monoisotopic (exact) mass is 582 g/mol. The molecular weight excluding hydrogens is 536 g/mol. The molecule has 0 spiro atoms. The fourth-order valence-electron chi connectivity index (χ4n) is 6.35. The van der Waals surface area contributed by atoms with E-state index in [0.29, 0.717) is 6.54 Å². The zero-order valence-corrected chi connectivity index (χ0v) is 25.9. The summed E-state index contributed by atoms with van der Waals surface area (Å²) in [6.07, 6.45) is 7.18. The zero-order chi connectivity index (χ0) is 30.4. The number of methoxy groups -OCH3 is 1. The van der Waals surface area contributed by atoms with Crippen LogP contribution in [-0.4, -0.2) is 49.7 Å². The van der Waals surface area contributed by atoms with E-state index in [4.69, 9.17) is 10.5 Å². The van der Waals surface area contributed by atoms with E-state index in [0.717, 1.165) is 91.5 Å². The van der Waals surface area contributed by atoms with Crippen molar-refractivity contribution in [2.45, 2.75) is 82.3 Å². The first kappa shape index (κ1) is 30.6. The smallest absolute Gasteiger partial charge is 0.410 e. The molecule has 7 nitrogen and oxygen atoms in total. The third-order valence-electron chi connectivity index (χ3n) is 9.22. The Bertz CT molecular complexity index is 1400. The SMILES string of the molecule is CCCCN(C)c1ccc(-c2cccc(CN(C(=O)OC)C3CCC(N)CC3)c2)cc1NC(=O)C1(c2ccccc2)CC1. The number of nitrogens with zero attached hydrogens (tertiary/aromatic N) is 2. The van der Waals surface area contributed by atoms with Crippen LogP contribution in [-0.2, 0) is 21.5 Å². The third kappa shape index (κ3) is 7.04. The average molecular weight is 583 g/mol. The number of amides is 2. The van der Waals surface area contributed by atoms with Crippen LogP contribution < -0.4 is 16.0 Å². The Morgan fingerprint density at radius 3 is 2.35 bits per heavy atom. The quantitative estimate of drug-likeness (QED) is 0.252.